The van der Waals surface area contributed by atoms with Crippen LogP contribution in [0.3, 0.4) is 0 Å². The van der Waals surface area contributed by atoms with Gasteiger partial charge in [-0.1, -0.05) is 38.3 Å². The van der Waals surface area contributed by atoms with Crippen molar-refractivity contribution in [2.45, 2.75) is 45.6 Å². The van der Waals surface area contributed by atoms with Gasteiger partial charge < -0.3 is 5.32 Å². The Morgan fingerprint density at radius 2 is 2.26 bits per heavy atom. The lowest BCUT2D eigenvalue weighted by molar-refractivity contribution is -0.384. The van der Waals surface area contributed by atoms with Crippen LogP contribution in [0.1, 0.15) is 39.5 Å². The first-order valence-electron chi connectivity index (χ1n) is 6.46. The molecule has 0 amide bonds. The van der Waals surface area contributed by atoms with Crippen molar-refractivity contribution < 1.29 is 4.92 Å². The zero-order valence-electron chi connectivity index (χ0n) is 11.1. The monoisotopic (exact) mass is 283 g/mol. The van der Waals surface area contributed by atoms with Gasteiger partial charge in [0.15, 0.2) is 0 Å². The van der Waals surface area contributed by atoms with Gasteiger partial charge >= 0.3 is 5.69 Å². The molecule has 0 aromatic carbocycles. The molecule has 1 atom stereocenters. The van der Waals surface area contributed by atoms with Crippen molar-refractivity contribution in [3.05, 3.63) is 27.4 Å². The maximum Gasteiger partial charge on any atom is 0.312 e. The molecule has 0 saturated heterocycles. The maximum atomic E-state index is 11.0. The molecular weight excluding hydrogens is 266 g/mol. The Morgan fingerprint density at radius 1 is 1.53 bits per heavy atom. The van der Waals surface area contributed by atoms with Crippen LogP contribution in [-0.2, 0) is 0 Å². The van der Waals surface area contributed by atoms with Gasteiger partial charge in [0.05, 0.1) is 9.95 Å². The van der Waals surface area contributed by atoms with Crippen molar-refractivity contribution in [3.63, 3.8) is 0 Å². The zero-order valence-corrected chi connectivity index (χ0v) is 11.9. The third-order valence-electron chi connectivity index (χ3n) is 3.85. The summed E-state index contributed by atoms with van der Waals surface area (Å²) in [5.74, 6) is 0.314. The van der Waals surface area contributed by atoms with E-state index in [0.29, 0.717) is 5.82 Å². The Kier molecular flexibility index (Phi) is 3.94. The van der Waals surface area contributed by atoms with Crippen molar-refractivity contribution in [3.8, 4) is 0 Å². The molecule has 0 radical (unpaired) electrons. The summed E-state index contributed by atoms with van der Waals surface area (Å²) in [4.78, 5) is 14.7. The molecule has 1 heterocycles. The summed E-state index contributed by atoms with van der Waals surface area (Å²) in [6.07, 6.45) is 5.91. The van der Waals surface area contributed by atoms with Gasteiger partial charge in [-0.15, -0.1) is 0 Å². The fraction of sp³-hybridized carbons (Fsp3) is 0.615. The van der Waals surface area contributed by atoms with Crippen molar-refractivity contribution in [2.75, 3.05) is 5.32 Å². The number of pyridine rings is 1. The highest BCUT2D eigenvalue weighted by Crippen LogP contribution is 2.38. The lowest BCUT2D eigenvalue weighted by Gasteiger charge is -2.39. The molecule has 5 nitrogen and oxygen atoms in total. The van der Waals surface area contributed by atoms with E-state index in [0.717, 1.165) is 19.3 Å². The molecule has 0 bridgehead atoms. The molecule has 1 unspecified atom stereocenters. The quantitative estimate of drug-likeness (QED) is 0.672. The number of hydrogen-bond donors (Lipinski definition) is 1. The highest BCUT2D eigenvalue weighted by molar-refractivity contribution is 6.30. The number of hydrogen-bond acceptors (Lipinski definition) is 4. The second-order valence-corrected chi connectivity index (χ2v) is 6.15. The summed E-state index contributed by atoms with van der Waals surface area (Å²) in [5, 5.41) is 14.6. The van der Waals surface area contributed by atoms with E-state index in [4.69, 9.17) is 11.6 Å². The van der Waals surface area contributed by atoms with E-state index in [-0.39, 0.29) is 22.2 Å². The smallest absolute Gasteiger partial charge is 0.312 e. The fourth-order valence-electron chi connectivity index (χ4n) is 2.61. The molecule has 0 aliphatic heterocycles. The summed E-state index contributed by atoms with van der Waals surface area (Å²) in [7, 11) is 0. The van der Waals surface area contributed by atoms with Crippen LogP contribution in [0, 0.1) is 15.5 Å². The van der Waals surface area contributed by atoms with Crippen LogP contribution < -0.4 is 5.32 Å². The number of nitrogens with zero attached hydrogens (tertiary/aromatic N) is 2. The van der Waals surface area contributed by atoms with Crippen LogP contribution in [0.15, 0.2) is 12.3 Å². The van der Waals surface area contributed by atoms with Crippen LogP contribution in [-0.4, -0.2) is 15.9 Å². The van der Waals surface area contributed by atoms with E-state index in [1.807, 2.05) is 0 Å². The predicted octanol–water partition coefficient (Wildman–Crippen LogP) is 4.02. The fourth-order valence-corrected chi connectivity index (χ4v) is 2.76. The van der Waals surface area contributed by atoms with Crippen LogP contribution in [0.25, 0.3) is 0 Å². The van der Waals surface area contributed by atoms with Crippen molar-refractivity contribution >= 4 is 23.1 Å². The number of nitro groups is 1. The second kappa shape index (κ2) is 5.33. The maximum absolute atomic E-state index is 11.0. The summed E-state index contributed by atoms with van der Waals surface area (Å²) in [6, 6.07) is 1.54. The van der Waals surface area contributed by atoms with Gasteiger partial charge in [-0.2, -0.15) is 0 Å². The molecule has 1 aromatic heterocycles. The largest absolute Gasteiger partial charge is 0.361 e. The van der Waals surface area contributed by atoms with E-state index in [2.05, 4.69) is 24.1 Å². The first kappa shape index (κ1) is 14.1. The molecule has 104 valence electrons. The van der Waals surface area contributed by atoms with Crippen molar-refractivity contribution in [2.24, 2.45) is 5.41 Å². The van der Waals surface area contributed by atoms with Gasteiger partial charge in [0, 0.05) is 18.3 Å². The Hall–Kier alpha value is -1.36. The molecule has 1 aliphatic carbocycles. The highest BCUT2D eigenvalue weighted by Gasteiger charge is 2.33. The standard InChI is InChI=1S/C13H18ClN3O2/c1-13(2)6-4-3-5-11(13)16-12-10(17(18)19)7-9(14)8-15-12/h7-8,11H,3-6H2,1-2H3,(H,15,16). The summed E-state index contributed by atoms with van der Waals surface area (Å²) in [5.41, 5.74) is 0.0573. The van der Waals surface area contributed by atoms with Crippen molar-refractivity contribution in [1.29, 1.82) is 0 Å². The molecule has 6 heteroatoms. The molecule has 19 heavy (non-hydrogen) atoms. The first-order valence-corrected chi connectivity index (χ1v) is 6.84. The van der Waals surface area contributed by atoms with Gasteiger partial charge in [0.1, 0.15) is 0 Å². The number of rotatable bonds is 3. The summed E-state index contributed by atoms with van der Waals surface area (Å²) >= 11 is 5.76. The predicted molar refractivity (Wildman–Crippen MR) is 75.6 cm³/mol. The molecule has 1 aliphatic rings. The first-order chi connectivity index (χ1) is 8.90. The topological polar surface area (TPSA) is 68.1 Å². The Balaban J connectivity index is 2.25. The van der Waals surface area contributed by atoms with Crippen molar-refractivity contribution in [1.82, 2.24) is 4.98 Å². The Bertz CT molecular complexity index is 491. The molecule has 0 spiro atoms. The Labute approximate surface area is 117 Å². The van der Waals surface area contributed by atoms with Gasteiger partial charge in [-0.3, -0.25) is 10.1 Å². The number of nitrogens with one attached hydrogen (secondary N) is 1. The minimum Gasteiger partial charge on any atom is -0.361 e. The second-order valence-electron chi connectivity index (χ2n) is 5.71. The molecule has 1 saturated carbocycles. The SMILES string of the molecule is CC1(C)CCCCC1Nc1ncc(Cl)cc1[N+](=O)[O-]. The molecule has 1 aromatic rings. The molecule has 2 rings (SSSR count). The molecular formula is C13H18ClN3O2. The van der Waals surface area contributed by atoms with Gasteiger partial charge in [-0.05, 0) is 18.3 Å². The Morgan fingerprint density at radius 3 is 2.89 bits per heavy atom. The van der Waals surface area contributed by atoms with E-state index >= 15 is 0 Å². The normalized spacial score (nSPS) is 21.9. The van der Waals surface area contributed by atoms with Crippen LogP contribution in [0.4, 0.5) is 11.5 Å². The van der Waals surface area contributed by atoms with Crippen LogP contribution >= 0.6 is 11.6 Å². The number of aromatic nitrogens is 1. The van der Waals surface area contributed by atoms with E-state index in [9.17, 15) is 10.1 Å². The van der Waals surface area contributed by atoms with Gasteiger partial charge in [0.2, 0.25) is 5.82 Å². The van der Waals surface area contributed by atoms with E-state index in [1.165, 1.54) is 18.7 Å². The van der Waals surface area contributed by atoms with E-state index in [1.54, 1.807) is 0 Å². The molecule has 1 fully saturated rings. The van der Waals surface area contributed by atoms with Gasteiger partial charge in [-0.25, -0.2) is 4.98 Å². The van der Waals surface area contributed by atoms with Gasteiger partial charge in [0.25, 0.3) is 0 Å². The van der Waals surface area contributed by atoms with E-state index < -0.39 is 4.92 Å². The summed E-state index contributed by atoms with van der Waals surface area (Å²) in [6.45, 7) is 4.37. The zero-order chi connectivity index (χ0) is 14.0. The highest BCUT2D eigenvalue weighted by atomic mass is 35.5. The van der Waals surface area contributed by atoms with Crippen LogP contribution in [0.2, 0.25) is 5.02 Å². The third-order valence-corrected chi connectivity index (χ3v) is 4.06. The summed E-state index contributed by atoms with van der Waals surface area (Å²) < 4.78 is 0. The average Bonchev–Trinajstić information content (AvgIpc) is 2.33. The minimum absolute atomic E-state index is 0.0612. The third kappa shape index (κ3) is 3.15. The molecule has 1 N–H and O–H groups in total. The lowest BCUT2D eigenvalue weighted by atomic mass is 9.73. The number of anilines is 1. The number of halogens is 1. The lowest BCUT2D eigenvalue weighted by Crippen LogP contribution is -2.39. The average molecular weight is 284 g/mol. The minimum atomic E-state index is -0.447. The van der Waals surface area contributed by atoms with Crippen LogP contribution in [0.5, 0.6) is 0 Å².